The Morgan fingerprint density at radius 1 is 1.00 bits per heavy atom. The number of benzene rings is 3. The van der Waals surface area contributed by atoms with Crippen molar-refractivity contribution in [1.82, 2.24) is 5.32 Å². The lowest BCUT2D eigenvalue weighted by Crippen LogP contribution is -2.29. The maximum absolute atomic E-state index is 12.5. The van der Waals surface area contributed by atoms with E-state index in [4.69, 9.17) is 4.74 Å². The molecule has 0 fully saturated rings. The molecule has 3 aromatic rings. The van der Waals surface area contributed by atoms with Crippen molar-refractivity contribution < 1.29 is 14.6 Å². The van der Waals surface area contributed by atoms with E-state index in [9.17, 15) is 9.90 Å². The minimum absolute atomic E-state index is 0.0860. The number of para-hydroxylation sites is 1. The molecule has 3 rings (SSSR count). The van der Waals surface area contributed by atoms with Gasteiger partial charge < -0.3 is 15.2 Å². The van der Waals surface area contributed by atoms with Crippen LogP contribution in [0.1, 0.15) is 18.1 Å². The van der Waals surface area contributed by atoms with E-state index in [0.29, 0.717) is 26.9 Å². The lowest BCUT2D eigenvalue weighted by molar-refractivity contribution is -0.115. The minimum atomic E-state index is -0.298. The zero-order chi connectivity index (χ0) is 23.1. The summed E-state index contributed by atoms with van der Waals surface area (Å²) in [6.07, 6.45) is 0. The third kappa shape index (κ3) is 6.27. The van der Waals surface area contributed by atoms with Crippen molar-refractivity contribution in [3.63, 3.8) is 0 Å². The van der Waals surface area contributed by atoms with E-state index in [1.54, 1.807) is 26.1 Å². The number of amides is 1. The first-order valence-electron chi connectivity index (χ1n) is 9.68. The molecule has 0 saturated carbocycles. The van der Waals surface area contributed by atoms with Gasteiger partial charge in [0.05, 0.1) is 8.95 Å². The summed E-state index contributed by atoms with van der Waals surface area (Å²) in [6, 6.07) is 20.4. The normalized spacial score (nSPS) is 11.9. The number of amidine groups is 1. The summed E-state index contributed by atoms with van der Waals surface area (Å²) in [5.41, 5.74) is 1.86. The molecule has 0 heterocycles. The molecule has 0 unspecified atom stereocenters. The molecule has 0 aliphatic rings. The van der Waals surface area contributed by atoms with Crippen LogP contribution >= 0.6 is 31.9 Å². The van der Waals surface area contributed by atoms with Gasteiger partial charge in [0.2, 0.25) is 0 Å². The van der Waals surface area contributed by atoms with Crippen molar-refractivity contribution in [3.05, 3.63) is 86.8 Å². The number of hydrogen-bond acceptors (Lipinski definition) is 4. The van der Waals surface area contributed by atoms with Crippen molar-refractivity contribution in [1.29, 1.82) is 0 Å². The lowest BCUT2D eigenvalue weighted by atomic mass is 10.2. The Bertz CT molecular complexity index is 1140. The van der Waals surface area contributed by atoms with Crippen LogP contribution in [0, 0.1) is 0 Å². The van der Waals surface area contributed by atoms with E-state index in [0.717, 1.165) is 17.1 Å². The number of hydrogen-bond donors (Lipinski definition) is 2. The number of rotatable bonds is 6. The van der Waals surface area contributed by atoms with Crippen molar-refractivity contribution in [2.75, 3.05) is 7.05 Å². The Hall–Kier alpha value is -2.97. The molecule has 0 aliphatic carbocycles. The molecule has 8 heteroatoms. The molecular formula is C24H21Br2N3O3. The van der Waals surface area contributed by atoms with Crippen LogP contribution in [-0.2, 0) is 11.3 Å². The maximum Gasteiger partial charge on any atom is 0.265 e. The predicted molar refractivity (Wildman–Crippen MR) is 134 cm³/mol. The van der Waals surface area contributed by atoms with Gasteiger partial charge >= 0.3 is 0 Å². The highest BCUT2D eigenvalue weighted by Crippen LogP contribution is 2.33. The summed E-state index contributed by atoms with van der Waals surface area (Å²) in [5.74, 6) is 1.65. The molecule has 0 atom stereocenters. The smallest absolute Gasteiger partial charge is 0.265 e. The minimum Gasteiger partial charge on any atom is -0.506 e. The average molecular weight is 559 g/mol. The largest absolute Gasteiger partial charge is 0.506 e. The number of carbonyl (C=O) groups is 1. The zero-order valence-electron chi connectivity index (χ0n) is 17.5. The molecule has 6 nitrogen and oxygen atoms in total. The molecule has 0 saturated heterocycles. The van der Waals surface area contributed by atoms with Crippen LogP contribution in [0.3, 0.4) is 0 Å². The van der Waals surface area contributed by atoms with Gasteiger partial charge in [-0.05, 0) is 80.7 Å². The van der Waals surface area contributed by atoms with Gasteiger partial charge in [0, 0.05) is 19.2 Å². The van der Waals surface area contributed by atoms with Gasteiger partial charge in [0.1, 0.15) is 23.0 Å². The number of nitrogens with zero attached hydrogens (tertiary/aromatic N) is 2. The van der Waals surface area contributed by atoms with E-state index in [2.05, 4.69) is 47.2 Å². The van der Waals surface area contributed by atoms with E-state index in [-0.39, 0.29) is 17.4 Å². The Labute approximate surface area is 203 Å². The second-order valence-corrected chi connectivity index (χ2v) is 8.48. The Balaban J connectivity index is 1.62. The molecule has 0 radical (unpaired) electrons. The second-order valence-electron chi connectivity index (χ2n) is 6.77. The summed E-state index contributed by atoms with van der Waals surface area (Å²) in [6.45, 7) is 1.98. The van der Waals surface area contributed by atoms with Gasteiger partial charge in [-0.1, -0.05) is 30.3 Å². The van der Waals surface area contributed by atoms with Crippen LogP contribution in [0.25, 0.3) is 0 Å². The SMILES string of the molecule is C/N=C(\N=C(/C)C(=O)NCc1ccc(Oc2ccccc2)cc1)c1cc(Br)c(O)c(Br)c1. The molecule has 0 bridgehead atoms. The van der Waals surface area contributed by atoms with Crippen molar-refractivity contribution in [3.8, 4) is 17.2 Å². The summed E-state index contributed by atoms with van der Waals surface area (Å²) >= 11 is 6.58. The fraction of sp³-hybridized carbons (Fsp3) is 0.125. The molecular weight excluding hydrogens is 538 g/mol. The Kier molecular flexibility index (Phi) is 8.19. The average Bonchev–Trinajstić information content (AvgIpc) is 2.80. The van der Waals surface area contributed by atoms with Gasteiger partial charge in [-0.2, -0.15) is 0 Å². The summed E-state index contributed by atoms with van der Waals surface area (Å²) in [7, 11) is 1.59. The van der Waals surface area contributed by atoms with Crippen LogP contribution < -0.4 is 10.1 Å². The lowest BCUT2D eigenvalue weighted by Gasteiger charge is -2.09. The van der Waals surface area contributed by atoms with Gasteiger partial charge in [0.15, 0.2) is 5.84 Å². The molecule has 2 N–H and O–H groups in total. The standard InChI is InChI=1S/C24H21Br2N3O3/c1-15(29-23(27-2)17-12-20(25)22(30)21(26)13-17)24(31)28-14-16-8-10-19(11-9-16)32-18-6-4-3-5-7-18/h3-13,30H,14H2,1-2H3,(H,28,31)/b27-23-,29-15+. The Morgan fingerprint density at radius 2 is 1.59 bits per heavy atom. The highest BCUT2D eigenvalue weighted by Gasteiger charge is 2.12. The van der Waals surface area contributed by atoms with Crippen LogP contribution in [0.15, 0.2) is 85.7 Å². The van der Waals surface area contributed by atoms with Gasteiger partial charge in [0.25, 0.3) is 5.91 Å². The maximum atomic E-state index is 12.5. The monoisotopic (exact) mass is 557 g/mol. The number of carbonyl (C=O) groups excluding carboxylic acids is 1. The first kappa shape index (κ1) is 23.7. The number of phenolic OH excluding ortho intramolecular Hbond substituents is 1. The van der Waals surface area contributed by atoms with Crippen molar-refractivity contribution in [2.45, 2.75) is 13.5 Å². The molecule has 3 aromatic carbocycles. The topological polar surface area (TPSA) is 83.3 Å². The number of nitrogens with one attached hydrogen (secondary N) is 1. The fourth-order valence-electron chi connectivity index (χ4n) is 2.76. The number of aromatic hydroxyl groups is 1. The van der Waals surface area contributed by atoms with Gasteiger partial charge in [-0.15, -0.1) is 0 Å². The van der Waals surface area contributed by atoms with Crippen molar-refractivity contribution >= 4 is 49.3 Å². The van der Waals surface area contributed by atoms with E-state index >= 15 is 0 Å². The van der Waals surface area contributed by atoms with E-state index in [1.807, 2.05) is 54.6 Å². The van der Waals surface area contributed by atoms with Crippen LogP contribution in [0.5, 0.6) is 17.2 Å². The molecule has 0 spiro atoms. The number of aliphatic imine (C=N–C) groups is 2. The van der Waals surface area contributed by atoms with Crippen molar-refractivity contribution in [2.24, 2.45) is 9.98 Å². The summed E-state index contributed by atoms with van der Waals surface area (Å²) < 4.78 is 6.78. The van der Waals surface area contributed by atoms with Crippen LogP contribution in [0.4, 0.5) is 0 Å². The summed E-state index contributed by atoms with van der Waals surface area (Å²) in [5, 5.41) is 12.7. The highest BCUT2D eigenvalue weighted by molar-refractivity contribution is 9.11. The van der Waals surface area contributed by atoms with E-state index < -0.39 is 0 Å². The number of phenols is 1. The molecule has 164 valence electrons. The molecule has 1 amide bonds. The molecule has 0 aliphatic heterocycles. The van der Waals surface area contributed by atoms with Gasteiger partial charge in [-0.25, -0.2) is 4.99 Å². The fourth-order valence-corrected chi connectivity index (χ4v) is 3.94. The zero-order valence-corrected chi connectivity index (χ0v) is 20.6. The third-order valence-electron chi connectivity index (χ3n) is 4.44. The predicted octanol–water partition coefficient (Wildman–Crippen LogP) is 5.86. The quantitative estimate of drug-likeness (QED) is 0.293. The van der Waals surface area contributed by atoms with Crippen LogP contribution in [-0.4, -0.2) is 29.6 Å². The highest BCUT2D eigenvalue weighted by atomic mass is 79.9. The van der Waals surface area contributed by atoms with Gasteiger partial charge in [-0.3, -0.25) is 9.79 Å². The van der Waals surface area contributed by atoms with E-state index in [1.165, 1.54) is 0 Å². The molecule has 32 heavy (non-hydrogen) atoms. The van der Waals surface area contributed by atoms with Crippen LogP contribution in [0.2, 0.25) is 0 Å². The summed E-state index contributed by atoms with van der Waals surface area (Å²) in [4.78, 5) is 21.0. The Morgan fingerprint density at radius 3 is 2.19 bits per heavy atom. The third-order valence-corrected chi connectivity index (χ3v) is 5.65. The second kappa shape index (κ2) is 11.1. The first-order valence-corrected chi connectivity index (χ1v) is 11.3. The first-order chi connectivity index (χ1) is 15.4. The number of ether oxygens (including phenoxy) is 1. The molecule has 0 aromatic heterocycles. The number of halogens is 2.